The standard InChI is InChI=1S/C10H19NO4S/c1-8(2)11(7-9-3-4-9)16(14,15)6-5-10(12)13/h8-9H,3-7H2,1-2H3,(H,12,13). The molecule has 0 bridgehead atoms. The normalized spacial score (nSPS) is 17.0. The quantitative estimate of drug-likeness (QED) is 0.727. The summed E-state index contributed by atoms with van der Waals surface area (Å²) in [5.41, 5.74) is 0. The Hall–Kier alpha value is -0.620. The maximum atomic E-state index is 11.9. The minimum atomic E-state index is -3.42. The van der Waals surface area contributed by atoms with Gasteiger partial charge in [-0.05, 0) is 32.6 Å². The molecule has 5 nitrogen and oxygen atoms in total. The molecule has 0 aliphatic heterocycles. The summed E-state index contributed by atoms with van der Waals surface area (Å²) in [5.74, 6) is -0.895. The molecule has 1 saturated carbocycles. The molecule has 16 heavy (non-hydrogen) atoms. The van der Waals surface area contributed by atoms with Crippen LogP contribution in [0.2, 0.25) is 0 Å². The number of carboxylic acids is 1. The monoisotopic (exact) mass is 249 g/mol. The van der Waals surface area contributed by atoms with Gasteiger partial charge in [0.25, 0.3) is 0 Å². The predicted octanol–water partition coefficient (Wildman–Crippen LogP) is 0.911. The van der Waals surface area contributed by atoms with Gasteiger partial charge in [-0.2, -0.15) is 4.31 Å². The average Bonchev–Trinajstić information content (AvgIpc) is 2.94. The first kappa shape index (κ1) is 13.4. The molecule has 0 amide bonds. The van der Waals surface area contributed by atoms with Crippen LogP contribution in [0.4, 0.5) is 0 Å². The van der Waals surface area contributed by atoms with Crippen molar-refractivity contribution in [1.29, 1.82) is 0 Å². The van der Waals surface area contributed by atoms with Crippen molar-refractivity contribution in [3.05, 3.63) is 0 Å². The van der Waals surface area contributed by atoms with E-state index in [4.69, 9.17) is 5.11 Å². The van der Waals surface area contributed by atoms with E-state index in [0.29, 0.717) is 12.5 Å². The highest BCUT2D eigenvalue weighted by atomic mass is 32.2. The molecule has 1 fully saturated rings. The Bertz CT molecular complexity index is 346. The van der Waals surface area contributed by atoms with Gasteiger partial charge < -0.3 is 5.11 Å². The maximum absolute atomic E-state index is 11.9. The molecule has 0 aromatic heterocycles. The lowest BCUT2D eigenvalue weighted by molar-refractivity contribution is -0.136. The fraction of sp³-hybridized carbons (Fsp3) is 0.900. The second-order valence-corrected chi connectivity index (χ2v) is 6.61. The molecule has 94 valence electrons. The van der Waals surface area contributed by atoms with Crippen LogP contribution >= 0.6 is 0 Å². The molecule has 6 heteroatoms. The first-order valence-electron chi connectivity index (χ1n) is 5.54. The molecule has 0 radical (unpaired) electrons. The first-order chi connectivity index (χ1) is 7.33. The molecule has 0 aromatic carbocycles. The number of sulfonamides is 1. The molecular formula is C10H19NO4S. The van der Waals surface area contributed by atoms with Crippen LogP contribution in [0.3, 0.4) is 0 Å². The topological polar surface area (TPSA) is 74.7 Å². The van der Waals surface area contributed by atoms with Crippen molar-refractivity contribution in [2.24, 2.45) is 5.92 Å². The van der Waals surface area contributed by atoms with Crippen LogP contribution in [-0.4, -0.2) is 42.1 Å². The SMILES string of the molecule is CC(C)N(CC1CC1)S(=O)(=O)CCC(=O)O. The molecule has 0 unspecified atom stereocenters. The molecular weight excluding hydrogens is 230 g/mol. The number of rotatable bonds is 7. The summed E-state index contributed by atoms with van der Waals surface area (Å²) in [6.45, 7) is 4.18. The number of hydrogen-bond acceptors (Lipinski definition) is 3. The fourth-order valence-corrected chi connectivity index (χ4v) is 3.28. The fourth-order valence-electron chi connectivity index (χ4n) is 1.53. The summed E-state index contributed by atoms with van der Waals surface area (Å²) in [5, 5.41) is 8.51. The van der Waals surface area contributed by atoms with Crippen molar-refractivity contribution in [2.75, 3.05) is 12.3 Å². The van der Waals surface area contributed by atoms with E-state index in [1.54, 1.807) is 0 Å². The Labute approximate surface area is 96.5 Å². The van der Waals surface area contributed by atoms with Crippen molar-refractivity contribution >= 4 is 16.0 Å². The molecule has 1 N–H and O–H groups in total. The summed E-state index contributed by atoms with van der Waals surface area (Å²) < 4.78 is 25.2. The van der Waals surface area contributed by atoms with Gasteiger partial charge in [0.2, 0.25) is 10.0 Å². The lowest BCUT2D eigenvalue weighted by Crippen LogP contribution is -2.40. The molecule has 0 heterocycles. The van der Waals surface area contributed by atoms with Crippen molar-refractivity contribution in [2.45, 2.75) is 39.2 Å². The molecule has 0 aromatic rings. The van der Waals surface area contributed by atoms with Crippen molar-refractivity contribution in [3.63, 3.8) is 0 Å². The Morgan fingerprint density at radius 3 is 2.38 bits per heavy atom. The predicted molar refractivity (Wildman–Crippen MR) is 60.6 cm³/mol. The van der Waals surface area contributed by atoms with Gasteiger partial charge in [-0.15, -0.1) is 0 Å². The Kier molecular flexibility index (Phi) is 4.32. The number of aliphatic carboxylic acids is 1. The molecule has 1 rings (SSSR count). The van der Waals surface area contributed by atoms with E-state index >= 15 is 0 Å². The molecule has 1 aliphatic rings. The van der Waals surface area contributed by atoms with E-state index in [1.165, 1.54) is 4.31 Å². The van der Waals surface area contributed by atoms with Crippen LogP contribution in [-0.2, 0) is 14.8 Å². The van der Waals surface area contributed by atoms with Gasteiger partial charge in [0.15, 0.2) is 0 Å². The van der Waals surface area contributed by atoms with Crippen LogP contribution in [0.5, 0.6) is 0 Å². The second kappa shape index (κ2) is 5.14. The molecule has 0 spiro atoms. The summed E-state index contributed by atoms with van der Waals surface area (Å²) in [7, 11) is -3.42. The van der Waals surface area contributed by atoms with Gasteiger partial charge in [-0.3, -0.25) is 4.79 Å². The van der Waals surface area contributed by atoms with E-state index < -0.39 is 16.0 Å². The zero-order valence-corrected chi connectivity index (χ0v) is 10.5. The summed E-state index contributed by atoms with van der Waals surface area (Å²) >= 11 is 0. The van der Waals surface area contributed by atoms with Crippen LogP contribution in [0.15, 0.2) is 0 Å². The third-order valence-corrected chi connectivity index (χ3v) is 4.65. The molecule has 1 aliphatic carbocycles. The highest BCUT2D eigenvalue weighted by Crippen LogP contribution is 2.31. The largest absolute Gasteiger partial charge is 0.481 e. The zero-order chi connectivity index (χ0) is 12.3. The van der Waals surface area contributed by atoms with Crippen molar-refractivity contribution in [1.82, 2.24) is 4.31 Å². The van der Waals surface area contributed by atoms with Crippen LogP contribution in [0, 0.1) is 5.92 Å². The van der Waals surface area contributed by atoms with E-state index in [0.717, 1.165) is 12.8 Å². The number of hydrogen-bond donors (Lipinski definition) is 1. The van der Waals surface area contributed by atoms with Crippen LogP contribution < -0.4 is 0 Å². The van der Waals surface area contributed by atoms with Gasteiger partial charge in [-0.1, -0.05) is 0 Å². The van der Waals surface area contributed by atoms with Gasteiger partial charge in [0.05, 0.1) is 12.2 Å². The Balaban J connectivity index is 2.62. The van der Waals surface area contributed by atoms with E-state index in [2.05, 4.69) is 0 Å². The second-order valence-electron chi connectivity index (χ2n) is 4.57. The van der Waals surface area contributed by atoms with Gasteiger partial charge in [0.1, 0.15) is 0 Å². The third-order valence-electron chi connectivity index (χ3n) is 2.64. The van der Waals surface area contributed by atoms with Crippen LogP contribution in [0.1, 0.15) is 33.1 Å². The third kappa shape index (κ3) is 4.09. The Morgan fingerprint density at radius 2 is 2.00 bits per heavy atom. The van der Waals surface area contributed by atoms with Gasteiger partial charge >= 0.3 is 5.97 Å². The van der Waals surface area contributed by atoms with Gasteiger partial charge in [0, 0.05) is 12.6 Å². The average molecular weight is 249 g/mol. The summed E-state index contributed by atoms with van der Waals surface area (Å²) in [6, 6.07) is -0.0978. The number of nitrogens with zero attached hydrogens (tertiary/aromatic N) is 1. The minimum absolute atomic E-state index is 0.0978. The zero-order valence-electron chi connectivity index (χ0n) is 9.72. The van der Waals surface area contributed by atoms with Crippen molar-refractivity contribution in [3.8, 4) is 0 Å². The van der Waals surface area contributed by atoms with Crippen LogP contribution in [0.25, 0.3) is 0 Å². The first-order valence-corrected chi connectivity index (χ1v) is 7.15. The minimum Gasteiger partial charge on any atom is -0.481 e. The lowest BCUT2D eigenvalue weighted by Gasteiger charge is -2.25. The lowest BCUT2D eigenvalue weighted by atomic mass is 10.3. The van der Waals surface area contributed by atoms with E-state index in [-0.39, 0.29) is 18.2 Å². The van der Waals surface area contributed by atoms with E-state index in [9.17, 15) is 13.2 Å². The highest BCUT2D eigenvalue weighted by Gasteiger charge is 2.32. The van der Waals surface area contributed by atoms with Crippen molar-refractivity contribution < 1.29 is 18.3 Å². The number of carboxylic acid groups (broad SMARTS) is 1. The molecule has 0 saturated heterocycles. The number of carbonyl (C=O) groups is 1. The van der Waals surface area contributed by atoms with E-state index in [1.807, 2.05) is 13.8 Å². The smallest absolute Gasteiger partial charge is 0.304 e. The highest BCUT2D eigenvalue weighted by molar-refractivity contribution is 7.89. The molecule has 0 atom stereocenters. The van der Waals surface area contributed by atoms with Gasteiger partial charge in [-0.25, -0.2) is 8.42 Å². The summed E-state index contributed by atoms with van der Waals surface area (Å²) in [6.07, 6.45) is 1.84. The Morgan fingerprint density at radius 1 is 1.44 bits per heavy atom. The maximum Gasteiger partial charge on any atom is 0.304 e. The summed E-state index contributed by atoms with van der Waals surface area (Å²) in [4.78, 5) is 10.4.